The Morgan fingerprint density at radius 3 is 2.58 bits per heavy atom. The van der Waals surface area contributed by atoms with Crippen LogP contribution in [-0.2, 0) is 0 Å². The smallest absolute Gasteiger partial charge is 0.130 e. The number of hydrogen-bond donors (Lipinski definition) is 0. The molecule has 96 valence electrons. The third-order valence-corrected chi connectivity index (χ3v) is 4.99. The quantitative estimate of drug-likeness (QED) is 0.528. The lowest BCUT2D eigenvalue weighted by Gasteiger charge is -2.10. The summed E-state index contributed by atoms with van der Waals surface area (Å²) in [5.41, 5.74) is 1.45. The second kappa shape index (κ2) is 5.02. The topological polar surface area (TPSA) is 0 Å². The third-order valence-electron chi connectivity index (χ3n) is 3.02. The van der Waals surface area contributed by atoms with Crippen LogP contribution in [0.15, 0.2) is 47.8 Å². The monoisotopic (exact) mass is 338 g/mol. The zero-order chi connectivity index (χ0) is 13.4. The number of benzene rings is 2. The SMILES string of the molecule is Fc1ccc(C(Br)c2csc3ccccc23)c(F)c1. The van der Waals surface area contributed by atoms with E-state index in [4.69, 9.17) is 0 Å². The number of fused-ring (bicyclic) bond motifs is 1. The second-order valence-corrected chi connectivity index (χ2v) is 6.04. The van der Waals surface area contributed by atoms with Crippen molar-refractivity contribution in [2.24, 2.45) is 0 Å². The van der Waals surface area contributed by atoms with Crippen molar-refractivity contribution in [2.75, 3.05) is 0 Å². The Morgan fingerprint density at radius 2 is 1.79 bits per heavy atom. The Balaban J connectivity index is 2.10. The van der Waals surface area contributed by atoms with Crippen LogP contribution in [0.5, 0.6) is 0 Å². The highest BCUT2D eigenvalue weighted by Gasteiger charge is 2.18. The molecule has 0 spiro atoms. The molecule has 0 radical (unpaired) electrons. The summed E-state index contributed by atoms with van der Waals surface area (Å²) in [6.07, 6.45) is 0. The summed E-state index contributed by atoms with van der Waals surface area (Å²) in [7, 11) is 0. The van der Waals surface area contributed by atoms with E-state index in [-0.39, 0.29) is 4.83 Å². The maximum atomic E-state index is 13.8. The molecule has 0 amide bonds. The van der Waals surface area contributed by atoms with Gasteiger partial charge in [-0.2, -0.15) is 0 Å². The van der Waals surface area contributed by atoms with Gasteiger partial charge in [0.05, 0.1) is 4.83 Å². The molecule has 3 aromatic rings. The molecule has 3 rings (SSSR count). The van der Waals surface area contributed by atoms with E-state index < -0.39 is 11.6 Å². The average Bonchev–Trinajstić information content (AvgIpc) is 2.82. The molecule has 2 aromatic carbocycles. The summed E-state index contributed by atoms with van der Waals surface area (Å²) in [6.45, 7) is 0. The van der Waals surface area contributed by atoms with E-state index in [1.54, 1.807) is 11.3 Å². The van der Waals surface area contributed by atoms with Gasteiger partial charge in [0.1, 0.15) is 11.6 Å². The molecule has 0 nitrogen and oxygen atoms in total. The maximum absolute atomic E-state index is 13.8. The molecule has 0 aliphatic carbocycles. The van der Waals surface area contributed by atoms with E-state index in [0.29, 0.717) is 5.56 Å². The van der Waals surface area contributed by atoms with Gasteiger partial charge >= 0.3 is 0 Å². The summed E-state index contributed by atoms with van der Waals surface area (Å²) >= 11 is 5.13. The number of rotatable bonds is 2. The normalized spacial score (nSPS) is 12.8. The second-order valence-electron chi connectivity index (χ2n) is 4.22. The van der Waals surface area contributed by atoms with E-state index in [9.17, 15) is 8.78 Å². The van der Waals surface area contributed by atoms with Gasteiger partial charge in [-0.1, -0.05) is 40.2 Å². The standard InChI is InChI=1S/C15H9BrF2S/c16-15(11-6-5-9(17)7-13(11)18)12-8-19-14-4-2-1-3-10(12)14/h1-8,15H. The van der Waals surface area contributed by atoms with Crippen LogP contribution >= 0.6 is 27.3 Å². The summed E-state index contributed by atoms with van der Waals surface area (Å²) in [5.74, 6) is -1.09. The molecule has 19 heavy (non-hydrogen) atoms. The Kier molecular flexibility index (Phi) is 3.37. The van der Waals surface area contributed by atoms with Crippen molar-refractivity contribution < 1.29 is 8.78 Å². The maximum Gasteiger partial charge on any atom is 0.130 e. The Labute approximate surface area is 121 Å². The first kappa shape index (κ1) is 12.8. The van der Waals surface area contributed by atoms with Crippen molar-refractivity contribution in [3.05, 3.63) is 70.6 Å². The zero-order valence-electron chi connectivity index (χ0n) is 9.74. The van der Waals surface area contributed by atoms with Crippen LogP contribution in [-0.4, -0.2) is 0 Å². The van der Waals surface area contributed by atoms with Gasteiger partial charge in [-0.25, -0.2) is 8.78 Å². The van der Waals surface area contributed by atoms with Crippen molar-refractivity contribution in [1.29, 1.82) is 0 Å². The molecule has 0 aliphatic rings. The minimum atomic E-state index is -0.559. The highest BCUT2D eigenvalue weighted by atomic mass is 79.9. The van der Waals surface area contributed by atoms with Gasteiger partial charge in [0.15, 0.2) is 0 Å². The molecule has 0 N–H and O–H groups in total. The van der Waals surface area contributed by atoms with Crippen molar-refractivity contribution in [2.45, 2.75) is 4.83 Å². The van der Waals surface area contributed by atoms with Crippen LogP contribution in [0.3, 0.4) is 0 Å². The van der Waals surface area contributed by atoms with Crippen LogP contribution in [0.4, 0.5) is 8.78 Å². The molecule has 1 unspecified atom stereocenters. The van der Waals surface area contributed by atoms with Crippen LogP contribution in [0.1, 0.15) is 16.0 Å². The van der Waals surface area contributed by atoms with E-state index in [2.05, 4.69) is 15.9 Å². The van der Waals surface area contributed by atoms with Crippen molar-refractivity contribution in [3.8, 4) is 0 Å². The first-order valence-corrected chi connectivity index (χ1v) is 7.51. The highest BCUT2D eigenvalue weighted by molar-refractivity contribution is 9.09. The molecule has 1 atom stereocenters. The van der Waals surface area contributed by atoms with Gasteiger partial charge < -0.3 is 0 Å². The molecule has 4 heteroatoms. The molecule has 0 aliphatic heterocycles. The lowest BCUT2D eigenvalue weighted by atomic mass is 10.0. The fraction of sp³-hybridized carbons (Fsp3) is 0.0667. The minimum absolute atomic E-state index is 0.274. The first-order valence-electron chi connectivity index (χ1n) is 5.72. The van der Waals surface area contributed by atoms with Crippen molar-refractivity contribution in [1.82, 2.24) is 0 Å². The summed E-state index contributed by atoms with van der Waals surface area (Å²) in [6, 6.07) is 11.7. The molecule has 0 saturated heterocycles. The Hall–Kier alpha value is -1.26. The fourth-order valence-electron chi connectivity index (χ4n) is 2.07. The van der Waals surface area contributed by atoms with Crippen LogP contribution < -0.4 is 0 Å². The van der Waals surface area contributed by atoms with Gasteiger partial charge in [0.25, 0.3) is 0 Å². The molecule has 1 heterocycles. The first-order chi connectivity index (χ1) is 9.16. The fourth-order valence-corrected chi connectivity index (χ4v) is 3.98. The number of thiophene rings is 1. The van der Waals surface area contributed by atoms with Crippen LogP contribution in [0.2, 0.25) is 0 Å². The van der Waals surface area contributed by atoms with Gasteiger partial charge in [0, 0.05) is 16.3 Å². The van der Waals surface area contributed by atoms with Crippen molar-refractivity contribution >= 4 is 37.4 Å². The van der Waals surface area contributed by atoms with Gasteiger partial charge in [-0.3, -0.25) is 0 Å². The van der Waals surface area contributed by atoms with Crippen molar-refractivity contribution in [3.63, 3.8) is 0 Å². The number of alkyl halides is 1. The van der Waals surface area contributed by atoms with E-state index in [0.717, 1.165) is 21.7 Å². The van der Waals surface area contributed by atoms with Gasteiger partial charge in [0.2, 0.25) is 0 Å². The van der Waals surface area contributed by atoms with Crippen LogP contribution in [0.25, 0.3) is 10.1 Å². The van der Waals surface area contributed by atoms with Crippen LogP contribution in [0, 0.1) is 11.6 Å². The van der Waals surface area contributed by atoms with Gasteiger partial charge in [-0.05, 0) is 28.5 Å². The highest BCUT2D eigenvalue weighted by Crippen LogP contribution is 2.39. The molecular weight excluding hydrogens is 330 g/mol. The largest absolute Gasteiger partial charge is 0.207 e. The summed E-state index contributed by atoms with van der Waals surface area (Å²) in [4.78, 5) is -0.274. The predicted molar refractivity (Wildman–Crippen MR) is 79.0 cm³/mol. The molecule has 0 fully saturated rings. The Morgan fingerprint density at radius 1 is 1.00 bits per heavy atom. The summed E-state index contributed by atoms with van der Waals surface area (Å²) in [5, 5.41) is 3.10. The lowest BCUT2D eigenvalue weighted by molar-refractivity contribution is 0.574. The predicted octanol–water partition coefficient (Wildman–Crippen LogP) is 5.66. The zero-order valence-corrected chi connectivity index (χ0v) is 12.1. The lowest BCUT2D eigenvalue weighted by Crippen LogP contribution is -1.96. The number of hydrogen-bond acceptors (Lipinski definition) is 1. The molecule has 0 saturated carbocycles. The molecule has 0 bridgehead atoms. The Bertz CT molecular complexity index is 736. The third kappa shape index (κ3) is 2.30. The molecule has 1 aromatic heterocycles. The summed E-state index contributed by atoms with van der Waals surface area (Å²) < 4.78 is 27.9. The van der Waals surface area contributed by atoms with E-state index in [1.807, 2.05) is 29.6 Å². The van der Waals surface area contributed by atoms with Gasteiger partial charge in [-0.15, -0.1) is 11.3 Å². The average molecular weight is 339 g/mol. The van der Waals surface area contributed by atoms with E-state index >= 15 is 0 Å². The van der Waals surface area contributed by atoms with E-state index in [1.165, 1.54) is 12.1 Å². The number of halogens is 3. The molecular formula is C15H9BrF2S. The minimum Gasteiger partial charge on any atom is -0.207 e.